The Morgan fingerprint density at radius 2 is 1.79 bits per heavy atom. The molecule has 1 saturated heterocycles. The number of carbonyl (C=O) groups excluding carboxylic acids is 1. The third-order valence-corrected chi connectivity index (χ3v) is 6.42. The summed E-state index contributed by atoms with van der Waals surface area (Å²) < 4.78 is 42.8. The van der Waals surface area contributed by atoms with Gasteiger partial charge in [-0.25, -0.2) is 13.2 Å². The molecule has 3 rings (SSSR count). The van der Waals surface area contributed by atoms with Crippen molar-refractivity contribution in [1.29, 1.82) is 0 Å². The number of rotatable bonds is 5. The van der Waals surface area contributed by atoms with Crippen LogP contribution in [0.3, 0.4) is 0 Å². The van der Waals surface area contributed by atoms with E-state index in [1.807, 2.05) is 13.8 Å². The third-order valence-electron chi connectivity index (χ3n) is 4.31. The number of morpholine rings is 1. The summed E-state index contributed by atoms with van der Waals surface area (Å²) in [5.41, 5.74) is 0.349. The Hall–Kier alpha value is -1.75. The summed E-state index contributed by atoms with van der Waals surface area (Å²) in [5.74, 6) is 0.806. The average molecular weight is 434 g/mol. The van der Waals surface area contributed by atoms with Gasteiger partial charge in [-0.15, -0.1) is 0 Å². The van der Waals surface area contributed by atoms with Crippen molar-refractivity contribution in [3.8, 4) is 11.5 Å². The van der Waals surface area contributed by atoms with Crippen molar-refractivity contribution >= 4 is 33.3 Å². The van der Waals surface area contributed by atoms with E-state index in [-0.39, 0.29) is 24.5 Å². The Bertz CT molecular complexity index is 824. The standard InChI is InChI=1S/C17H24ClN3O6S/c1-11-9-21(10-12(2)27-11)28(23,24)6-3-19-17(22)20-14-8-16-15(7-13(14)18)25-4-5-26-16/h7-8,11-12H,3-6,9-10H2,1-2H3,(H2,19,20,22)/t11-,12-/m0/s1. The number of hydrogen-bond donors (Lipinski definition) is 2. The van der Waals surface area contributed by atoms with Crippen molar-refractivity contribution in [2.75, 3.05) is 43.9 Å². The number of carbonyl (C=O) groups is 1. The van der Waals surface area contributed by atoms with Crippen LogP contribution in [0.2, 0.25) is 5.02 Å². The van der Waals surface area contributed by atoms with Gasteiger partial charge in [0.1, 0.15) is 13.2 Å². The molecule has 0 spiro atoms. The third kappa shape index (κ3) is 5.19. The average Bonchev–Trinajstić information content (AvgIpc) is 2.61. The highest BCUT2D eigenvalue weighted by Crippen LogP contribution is 2.37. The number of nitrogens with one attached hydrogen (secondary N) is 2. The van der Waals surface area contributed by atoms with Gasteiger partial charge in [-0.05, 0) is 13.8 Å². The summed E-state index contributed by atoms with van der Waals surface area (Å²) in [4.78, 5) is 12.1. The molecule has 1 fully saturated rings. The van der Waals surface area contributed by atoms with Crippen molar-refractivity contribution in [2.24, 2.45) is 0 Å². The van der Waals surface area contributed by atoms with E-state index in [0.29, 0.717) is 48.5 Å². The van der Waals surface area contributed by atoms with Crippen LogP contribution >= 0.6 is 11.6 Å². The fourth-order valence-electron chi connectivity index (χ4n) is 3.11. The van der Waals surface area contributed by atoms with Gasteiger partial charge in [0.2, 0.25) is 10.0 Å². The first kappa shape index (κ1) is 21.0. The van der Waals surface area contributed by atoms with E-state index in [1.54, 1.807) is 12.1 Å². The molecule has 2 atom stereocenters. The molecule has 0 radical (unpaired) electrons. The fourth-order valence-corrected chi connectivity index (χ4v) is 4.80. The second kappa shape index (κ2) is 8.73. The largest absolute Gasteiger partial charge is 0.486 e. The molecule has 0 aliphatic carbocycles. The van der Waals surface area contributed by atoms with E-state index in [9.17, 15) is 13.2 Å². The second-order valence-corrected chi connectivity index (χ2v) is 9.24. The predicted molar refractivity (Wildman–Crippen MR) is 105 cm³/mol. The number of hydrogen-bond acceptors (Lipinski definition) is 6. The minimum Gasteiger partial charge on any atom is -0.486 e. The van der Waals surface area contributed by atoms with Gasteiger partial charge in [-0.2, -0.15) is 4.31 Å². The molecule has 156 valence electrons. The van der Waals surface area contributed by atoms with Crippen LogP contribution < -0.4 is 20.1 Å². The van der Waals surface area contributed by atoms with Crippen LogP contribution in [-0.4, -0.2) is 69.6 Å². The maximum Gasteiger partial charge on any atom is 0.319 e. The molecule has 2 aliphatic heterocycles. The Kier molecular flexibility index (Phi) is 6.54. The van der Waals surface area contributed by atoms with Crippen LogP contribution in [0.1, 0.15) is 13.8 Å². The molecule has 0 aromatic heterocycles. The number of fused-ring (bicyclic) bond motifs is 1. The zero-order valence-corrected chi connectivity index (χ0v) is 17.3. The lowest BCUT2D eigenvalue weighted by atomic mass is 10.2. The van der Waals surface area contributed by atoms with Gasteiger partial charge in [0.15, 0.2) is 11.5 Å². The van der Waals surface area contributed by atoms with Crippen LogP contribution in [0.15, 0.2) is 12.1 Å². The number of amides is 2. The van der Waals surface area contributed by atoms with E-state index in [0.717, 1.165) is 0 Å². The number of anilines is 1. The summed E-state index contributed by atoms with van der Waals surface area (Å²) in [7, 11) is -3.49. The molecule has 1 aromatic carbocycles. The molecule has 0 unspecified atom stereocenters. The van der Waals surface area contributed by atoms with E-state index >= 15 is 0 Å². The van der Waals surface area contributed by atoms with Crippen LogP contribution in [0, 0.1) is 0 Å². The Balaban J connectivity index is 1.52. The molecule has 11 heteroatoms. The van der Waals surface area contributed by atoms with Crippen molar-refractivity contribution in [2.45, 2.75) is 26.1 Å². The minimum absolute atomic E-state index is 0.0313. The molecule has 9 nitrogen and oxygen atoms in total. The fraction of sp³-hybridized carbons (Fsp3) is 0.588. The van der Waals surface area contributed by atoms with Crippen LogP contribution in [0.5, 0.6) is 11.5 Å². The predicted octanol–water partition coefficient (Wildman–Crippen LogP) is 1.67. The van der Waals surface area contributed by atoms with Gasteiger partial charge in [0, 0.05) is 31.8 Å². The smallest absolute Gasteiger partial charge is 0.319 e. The number of urea groups is 1. The van der Waals surface area contributed by atoms with Gasteiger partial charge in [-0.3, -0.25) is 0 Å². The van der Waals surface area contributed by atoms with Gasteiger partial charge >= 0.3 is 6.03 Å². The van der Waals surface area contributed by atoms with Crippen molar-refractivity contribution in [3.05, 3.63) is 17.2 Å². The van der Waals surface area contributed by atoms with E-state index < -0.39 is 16.1 Å². The number of halogens is 1. The Morgan fingerprint density at radius 3 is 2.43 bits per heavy atom. The van der Waals surface area contributed by atoms with Gasteiger partial charge in [-0.1, -0.05) is 11.6 Å². The lowest BCUT2D eigenvalue weighted by Crippen LogP contribution is -2.49. The maximum atomic E-state index is 12.5. The quantitative estimate of drug-likeness (QED) is 0.731. The van der Waals surface area contributed by atoms with Crippen LogP contribution in [-0.2, 0) is 14.8 Å². The second-order valence-electron chi connectivity index (χ2n) is 6.75. The van der Waals surface area contributed by atoms with Crippen molar-refractivity contribution in [3.63, 3.8) is 0 Å². The van der Waals surface area contributed by atoms with E-state index in [1.165, 1.54) is 4.31 Å². The summed E-state index contributed by atoms with van der Waals surface area (Å²) >= 11 is 6.15. The zero-order chi connectivity index (χ0) is 20.3. The zero-order valence-electron chi connectivity index (χ0n) is 15.7. The highest BCUT2D eigenvalue weighted by molar-refractivity contribution is 7.89. The molecule has 2 heterocycles. The Morgan fingerprint density at radius 1 is 1.18 bits per heavy atom. The summed E-state index contributed by atoms with van der Waals surface area (Å²) in [6, 6.07) is 2.58. The number of benzene rings is 1. The molecule has 2 aliphatic rings. The number of sulfonamides is 1. The highest BCUT2D eigenvalue weighted by atomic mass is 35.5. The summed E-state index contributed by atoms with van der Waals surface area (Å²) in [6.07, 6.45) is -0.320. The van der Waals surface area contributed by atoms with Crippen LogP contribution in [0.25, 0.3) is 0 Å². The molecule has 0 saturated carbocycles. The van der Waals surface area contributed by atoms with E-state index in [4.69, 9.17) is 25.8 Å². The first-order valence-electron chi connectivity index (χ1n) is 9.02. The van der Waals surface area contributed by atoms with E-state index in [2.05, 4.69) is 10.6 Å². The Labute approximate surface area is 169 Å². The normalized spacial score (nSPS) is 22.5. The van der Waals surface area contributed by atoms with Crippen molar-refractivity contribution < 1.29 is 27.4 Å². The monoisotopic (exact) mass is 433 g/mol. The molecular formula is C17H24ClN3O6S. The molecule has 2 N–H and O–H groups in total. The molecule has 2 amide bonds. The molecule has 28 heavy (non-hydrogen) atoms. The first-order chi connectivity index (χ1) is 13.2. The maximum absolute atomic E-state index is 12.5. The summed E-state index contributed by atoms with van der Waals surface area (Å²) in [6.45, 7) is 5.11. The van der Waals surface area contributed by atoms with Crippen LogP contribution in [0.4, 0.5) is 10.5 Å². The highest BCUT2D eigenvalue weighted by Gasteiger charge is 2.30. The lowest BCUT2D eigenvalue weighted by Gasteiger charge is -2.34. The lowest BCUT2D eigenvalue weighted by molar-refractivity contribution is -0.0440. The van der Waals surface area contributed by atoms with Gasteiger partial charge in [0.05, 0.1) is 28.7 Å². The van der Waals surface area contributed by atoms with Gasteiger partial charge in [0.25, 0.3) is 0 Å². The summed E-state index contributed by atoms with van der Waals surface area (Å²) in [5, 5.41) is 5.43. The number of nitrogens with zero attached hydrogens (tertiary/aromatic N) is 1. The van der Waals surface area contributed by atoms with Crippen molar-refractivity contribution in [1.82, 2.24) is 9.62 Å². The number of ether oxygens (including phenoxy) is 3. The SMILES string of the molecule is C[C@H]1CN(S(=O)(=O)CCNC(=O)Nc2cc3c(cc2Cl)OCCO3)C[C@H](C)O1. The minimum atomic E-state index is -3.49. The topological polar surface area (TPSA) is 106 Å². The molecule has 0 bridgehead atoms. The molecular weight excluding hydrogens is 410 g/mol. The molecule has 1 aromatic rings. The van der Waals surface area contributed by atoms with Gasteiger partial charge < -0.3 is 24.8 Å². The first-order valence-corrected chi connectivity index (χ1v) is 11.0.